The van der Waals surface area contributed by atoms with Crippen LogP contribution in [0.3, 0.4) is 0 Å². The molecule has 1 saturated heterocycles. The molecule has 1 fully saturated rings. The highest BCUT2D eigenvalue weighted by atomic mass is 16.2. The first kappa shape index (κ1) is 21.9. The Kier molecular flexibility index (Phi) is 6.49. The van der Waals surface area contributed by atoms with Crippen molar-refractivity contribution in [1.29, 1.82) is 5.26 Å². The van der Waals surface area contributed by atoms with Gasteiger partial charge in [0.05, 0.1) is 19.0 Å². The van der Waals surface area contributed by atoms with Crippen LogP contribution in [0, 0.1) is 11.3 Å². The van der Waals surface area contributed by atoms with Crippen LogP contribution in [0.25, 0.3) is 10.8 Å². The maximum absolute atomic E-state index is 13.0. The van der Waals surface area contributed by atoms with E-state index in [1.54, 1.807) is 24.1 Å². The molecule has 2 heterocycles. The lowest BCUT2D eigenvalue weighted by Gasteiger charge is -2.36. The Hall–Kier alpha value is -3.28. The van der Waals surface area contributed by atoms with Gasteiger partial charge in [-0.25, -0.2) is 0 Å². The highest BCUT2D eigenvalue weighted by Gasteiger charge is 2.33. The number of hydrogen-bond donors (Lipinski definition) is 0. The van der Waals surface area contributed by atoms with Gasteiger partial charge < -0.3 is 4.90 Å². The van der Waals surface area contributed by atoms with Crippen LogP contribution < -0.4 is 0 Å². The minimum atomic E-state index is -0.232. The molecular formula is C24H27N5O3. The third kappa shape index (κ3) is 4.35. The third-order valence-corrected chi connectivity index (χ3v) is 6.30. The second kappa shape index (κ2) is 9.47. The van der Waals surface area contributed by atoms with Crippen LogP contribution in [-0.4, -0.2) is 96.7 Å². The normalized spacial score (nSPS) is 16.9. The molecule has 0 aliphatic carbocycles. The molecule has 0 atom stereocenters. The van der Waals surface area contributed by atoms with Crippen LogP contribution in [-0.2, 0) is 4.79 Å². The predicted octanol–water partition coefficient (Wildman–Crippen LogP) is 1.43. The predicted molar refractivity (Wildman–Crippen MR) is 120 cm³/mol. The molecule has 0 bridgehead atoms. The van der Waals surface area contributed by atoms with Gasteiger partial charge >= 0.3 is 0 Å². The molecule has 8 nitrogen and oxygen atoms in total. The van der Waals surface area contributed by atoms with E-state index >= 15 is 0 Å². The largest absolute Gasteiger partial charge is 0.344 e. The van der Waals surface area contributed by atoms with E-state index in [1.165, 1.54) is 4.90 Å². The van der Waals surface area contributed by atoms with E-state index in [4.69, 9.17) is 5.26 Å². The summed E-state index contributed by atoms with van der Waals surface area (Å²) in [5.74, 6) is -0.445. The molecular weight excluding hydrogens is 406 g/mol. The van der Waals surface area contributed by atoms with Crippen LogP contribution in [0.4, 0.5) is 0 Å². The van der Waals surface area contributed by atoms with Gasteiger partial charge in [0.15, 0.2) is 0 Å². The molecule has 166 valence electrons. The molecule has 0 radical (unpaired) electrons. The van der Waals surface area contributed by atoms with Crippen molar-refractivity contribution < 1.29 is 14.4 Å². The summed E-state index contributed by atoms with van der Waals surface area (Å²) in [6, 6.07) is 13.2. The van der Waals surface area contributed by atoms with Gasteiger partial charge in [0, 0.05) is 69.4 Å². The number of imide groups is 1. The van der Waals surface area contributed by atoms with Crippen molar-refractivity contribution in [3.63, 3.8) is 0 Å². The molecule has 0 unspecified atom stereocenters. The Morgan fingerprint density at radius 2 is 1.56 bits per heavy atom. The molecule has 0 spiro atoms. The van der Waals surface area contributed by atoms with E-state index in [9.17, 15) is 14.4 Å². The lowest BCUT2D eigenvalue weighted by atomic mass is 9.94. The molecule has 2 aromatic carbocycles. The Balaban J connectivity index is 1.31. The fourth-order valence-electron chi connectivity index (χ4n) is 4.35. The standard InChI is InChI=1S/C24H27N5O3/c1-26(10-4-9-25)21(30)17-28-13-11-27(12-14-28)15-16-29-23(31)19-7-2-5-18-6-3-8-20(22(18)19)24(29)32/h2-3,5-8H,4,10-17H2,1H3. The van der Waals surface area contributed by atoms with Gasteiger partial charge in [0.25, 0.3) is 11.8 Å². The molecule has 0 aromatic heterocycles. The monoisotopic (exact) mass is 433 g/mol. The van der Waals surface area contributed by atoms with Crippen molar-refractivity contribution in [2.24, 2.45) is 0 Å². The highest BCUT2D eigenvalue weighted by Crippen LogP contribution is 2.29. The van der Waals surface area contributed by atoms with Crippen LogP contribution in [0.1, 0.15) is 27.1 Å². The van der Waals surface area contributed by atoms with Crippen molar-refractivity contribution in [3.05, 3.63) is 47.5 Å². The second-order valence-corrected chi connectivity index (χ2v) is 8.31. The van der Waals surface area contributed by atoms with Crippen LogP contribution >= 0.6 is 0 Å². The molecule has 0 N–H and O–H groups in total. The maximum Gasteiger partial charge on any atom is 0.261 e. The van der Waals surface area contributed by atoms with E-state index in [1.807, 2.05) is 24.3 Å². The van der Waals surface area contributed by atoms with Gasteiger partial charge in [-0.3, -0.25) is 29.1 Å². The summed E-state index contributed by atoms with van der Waals surface area (Å²) in [6.07, 6.45) is 0.336. The molecule has 2 aliphatic rings. The van der Waals surface area contributed by atoms with Gasteiger partial charge in [-0.15, -0.1) is 0 Å². The summed E-state index contributed by atoms with van der Waals surface area (Å²) in [4.78, 5) is 45.6. The number of benzene rings is 2. The van der Waals surface area contributed by atoms with E-state index < -0.39 is 0 Å². The zero-order valence-electron chi connectivity index (χ0n) is 18.3. The fourth-order valence-corrected chi connectivity index (χ4v) is 4.35. The topological polar surface area (TPSA) is 88.0 Å². The highest BCUT2D eigenvalue weighted by molar-refractivity contribution is 6.25. The number of amides is 3. The summed E-state index contributed by atoms with van der Waals surface area (Å²) >= 11 is 0. The molecule has 4 rings (SSSR count). The first-order chi connectivity index (χ1) is 15.5. The molecule has 0 saturated carbocycles. The summed E-state index contributed by atoms with van der Waals surface area (Å²) in [7, 11) is 1.72. The quantitative estimate of drug-likeness (QED) is 0.614. The first-order valence-corrected chi connectivity index (χ1v) is 10.9. The summed E-state index contributed by atoms with van der Waals surface area (Å²) in [5, 5.41) is 10.3. The number of rotatable bonds is 7. The third-order valence-electron chi connectivity index (χ3n) is 6.30. The van der Waals surface area contributed by atoms with Crippen molar-refractivity contribution in [3.8, 4) is 6.07 Å². The average molecular weight is 434 g/mol. The number of likely N-dealkylation sites (N-methyl/N-ethyl adjacent to an activating group) is 1. The molecule has 3 amide bonds. The van der Waals surface area contributed by atoms with Crippen molar-refractivity contribution in [1.82, 2.24) is 19.6 Å². The van der Waals surface area contributed by atoms with E-state index in [0.717, 1.165) is 37.0 Å². The van der Waals surface area contributed by atoms with Crippen molar-refractivity contribution in [2.75, 3.05) is 59.4 Å². The zero-order valence-corrected chi connectivity index (χ0v) is 18.3. The zero-order chi connectivity index (χ0) is 22.7. The lowest BCUT2D eigenvalue weighted by Crippen LogP contribution is -2.52. The fraction of sp³-hybridized carbons (Fsp3) is 0.417. The maximum atomic E-state index is 13.0. The number of carbonyl (C=O) groups excluding carboxylic acids is 3. The minimum Gasteiger partial charge on any atom is -0.344 e. The molecule has 2 aromatic rings. The van der Waals surface area contributed by atoms with Crippen LogP contribution in [0.15, 0.2) is 36.4 Å². The smallest absolute Gasteiger partial charge is 0.261 e. The molecule has 8 heteroatoms. The number of piperazine rings is 1. The minimum absolute atomic E-state index is 0.0195. The lowest BCUT2D eigenvalue weighted by molar-refractivity contribution is -0.131. The Morgan fingerprint density at radius 3 is 2.16 bits per heavy atom. The van der Waals surface area contributed by atoms with E-state index in [-0.39, 0.29) is 17.7 Å². The molecule has 2 aliphatic heterocycles. The van der Waals surface area contributed by atoms with Gasteiger partial charge in [-0.05, 0) is 17.5 Å². The summed E-state index contributed by atoms with van der Waals surface area (Å²) in [6.45, 7) is 4.81. The van der Waals surface area contributed by atoms with Gasteiger partial charge in [0.2, 0.25) is 5.91 Å². The Bertz CT molecular complexity index is 1030. The summed E-state index contributed by atoms with van der Waals surface area (Å²) in [5.41, 5.74) is 1.17. The Labute approximate surface area is 187 Å². The van der Waals surface area contributed by atoms with Gasteiger partial charge in [-0.2, -0.15) is 5.26 Å². The number of nitrogens with zero attached hydrogens (tertiary/aromatic N) is 5. The van der Waals surface area contributed by atoms with Crippen molar-refractivity contribution >= 4 is 28.5 Å². The number of nitriles is 1. The van der Waals surface area contributed by atoms with Crippen molar-refractivity contribution in [2.45, 2.75) is 6.42 Å². The van der Waals surface area contributed by atoms with Crippen LogP contribution in [0.5, 0.6) is 0 Å². The molecule has 32 heavy (non-hydrogen) atoms. The Morgan fingerprint density at radius 1 is 0.969 bits per heavy atom. The first-order valence-electron chi connectivity index (χ1n) is 10.9. The summed E-state index contributed by atoms with van der Waals surface area (Å²) < 4.78 is 0. The van der Waals surface area contributed by atoms with E-state index in [0.29, 0.717) is 43.7 Å². The number of carbonyl (C=O) groups is 3. The van der Waals surface area contributed by atoms with E-state index in [2.05, 4.69) is 15.9 Å². The second-order valence-electron chi connectivity index (χ2n) is 8.31. The van der Waals surface area contributed by atoms with Gasteiger partial charge in [-0.1, -0.05) is 24.3 Å². The van der Waals surface area contributed by atoms with Gasteiger partial charge in [0.1, 0.15) is 0 Å². The number of hydrogen-bond acceptors (Lipinski definition) is 6. The average Bonchev–Trinajstić information content (AvgIpc) is 2.81. The van der Waals surface area contributed by atoms with Crippen LogP contribution in [0.2, 0.25) is 0 Å². The SMILES string of the molecule is CN(CCC#N)C(=O)CN1CCN(CCN2C(=O)c3cccc4cccc(c34)C2=O)CC1.